The van der Waals surface area contributed by atoms with Crippen molar-refractivity contribution in [2.75, 3.05) is 38.1 Å². The van der Waals surface area contributed by atoms with Gasteiger partial charge in [0.2, 0.25) is 5.91 Å². The number of anilines is 1. The molecule has 1 aliphatic heterocycles. The molecule has 3 rings (SSSR count). The second-order valence-electron chi connectivity index (χ2n) is 7.59. The highest BCUT2D eigenvalue weighted by Gasteiger charge is 2.31. The normalized spacial score (nSPS) is 24.7. The van der Waals surface area contributed by atoms with Crippen LogP contribution < -0.4 is 15.8 Å². The Kier molecular flexibility index (Phi) is 10.5. The van der Waals surface area contributed by atoms with Gasteiger partial charge in [-0.3, -0.25) is 9.69 Å². The lowest BCUT2D eigenvalue weighted by Gasteiger charge is -2.18. The molecule has 0 radical (unpaired) electrons. The fourth-order valence-corrected chi connectivity index (χ4v) is 4.06. The summed E-state index contributed by atoms with van der Waals surface area (Å²) in [6.07, 6.45) is 4.41. The Balaban J connectivity index is 0.00000182. The van der Waals surface area contributed by atoms with E-state index in [4.69, 9.17) is 10.5 Å². The summed E-state index contributed by atoms with van der Waals surface area (Å²) in [5, 5.41) is 3.02. The van der Waals surface area contributed by atoms with E-state index in [0.29, 0.717) is 19.1 Å². The van der Waals surface area contributed by atoms with Gasteiger partial charge in [-0.2, -0.15) is 0 Å². The maximum atomic E-state index is 12.4. The van der Waals surface area contributed by atoms with Crippen LogP contribution in [-0.2, 0) is 4.79 Å². The molecule has 1 saturated heterocycles. The number of carbonyl (C=O) groups excluding carboxylic acids is 1. The Bertz CT molecular complexity index is 571. The van der Waals surface area contributed by atoms with Crippen LogP contribution in [0, 0.1) is 17.8 Å². The zero-order chi connectivity index (χ0) is 17.6. The molecule has 1 heterocycles. The molecular formula is C20H33Cl2N3O2. The standard InChI is InChI=1S/C20H31N3O2.2ClH/c1-15-9-10-23(14-15)11-12-25-18-7-5-17(6-8-18)22-20(24)19-4-2-3-16(19)13-21;;/h5-8,15-16,19H,2-4,9-14,21H2,1H3,(H,22,24);2*1H/t15?,16-,19-;;/m1../s1. The number of nitrogens with two attached hydrogens (primary N) is 1. The number of rotatable bonds is 7. The van der Waals surface area contributed by atoms with E-state index in [9.17, 15) is 4.79 Å². The minimum absolute atomic E-state index is 0. The van der Waals surface area contributed by atoms with E-state index in [-0.39, 0.29) is 36.6 Å². The Hall–Kier alpha value is -1.01. The van der Waals surface area contributed by atoms with Crippen LogP contribution in [0.2, 0.25) is 0 Å². The van der Waals surface area contributed by atoms with Gasteiger partial charge in [0.05, 0.1) is 0 Å². The number of nitrogens with one attached hydrogen (secondary N) is 1. The lowest BCUT2D eigenvalue weighted by atomic mass is 9.95. The number of amides is 1. The van der Waals surface area contributed by atoms with Crippen LogP contribution in [0.25, 0.3) is 0 Å². The molecule has 0 spiro atoms. The summed E-state index contributed by atoms with van der Waals surface area (Å²) in [6.45, 7) is 6.94. The van der Waals surface area contributed by atoms with E-state index in [0.717, 1.165) is 43.2 Å². The summed E-state index contributed by atoms with van der Waals surface area (Å²) in [7, 11) is 0. The van der Waals surface area contributed by atoms with Gasteiger partial charge >= 0.3 is 0 Å². The number of hydrogen-bond acceptors (Lipinski definition) is 4. The van der Waals surface area contributed by atoms with E-state index < -0.39 is 0 Å². The molecule has 0 aromatic heterocycles. The van der Waals surface area contributed by atoms with Crippen molar-refractivity contribution >= 4 is 36.4 Å². The highest BCUT2D eigenvalue weighted by Crippen LogP contribution is 2.32. The summed E-state index contributed by atoms with van der Waals surface area (Å²) in [4.78, 5) is 14.9. The molecule has 5 nitrogen and oxygen atoms in total. The highest BCUT2D eigenvalue weighted by molar-refractivity contribution is 5.93. The lowest BCUT2D eigenvalue weighted by Crippen LogP contribution is -2.29. The Labute approximate surface area is 175 Å². The van der Waals surface area contributed by atoms with E-state index in [1.54, 1.807) is 0 Å². The van der Waals surface area contributed by atoms with Crippen molar-refractivity contribution in [3.05, 3.63) is 24.3 Å². The summed E-state index contributed by atoms with van der Waals surface area (Å²) in [5.41, 5.74) is 6.60. The number of carbonyl (C=O) groups is 1. The molecule has 1 aromatic rings. The third kappa shape index (κ3) is 6.83. The van der Waals surface area contributed by atoms with E-state index >= 15 is 0 Å². The first-order valence-corrected chi connectivity index (χ1v) is 9.62. The third-order valence-electron chi connectivity index (χ3n) is 5.60. The van der Waals surface area contributed by atoms with Crippen molar-refractivity contribution in [2.45, 2.75) is 32.6 Å². The van der Waals surface area contributed by atoms with Crippen molar-refractivity contribution in [3.63, 3.8) is 0 Å². The van der Waals surface area contributed by atoms with E-state index in [1.807, 2.05) is 24.3 Å². The molecule has 3 atom stereocenters. The number of ether oxygens (including phenoxy) is 1. The fraction of sp³-hybridized carbons (Fsp3) is 0.650. The molecule has 1 unspecified atom stereocenters. The monoisotopic (exact) mass is 417 g/mol. The van der Waals surface area contributed by atoms with Gasteiger partial charge in [-0.15, -0.1) is 24.8 Å². The summed E-state index contributed by atoms with van der Waals surface area (Å²) in [5.74, 6) is 2.15. The zero-order valence-corrected chi connectivity index (χ0v) is 17.7. The van der Waals surface area contributed by atoms with Crippen molar-refractivity contribution < 1.29 is 9.53 Å². The summed E-state index contributed by atoms with van der Waals surface area (Å²) >= 11 is 0. The number of nitrogens with zero attached hydrogens (tertiary/aromatic N) is 1. The van der Waals surface area contributed by atoms with Crippen molar-refractivity contribution in [1.82, 2.24) is 4.90 Å². The van der Waals surface area contributed by atoms with Crippen LogP contribution in [0.3, 0.4) is 0 Å². The predicted molar refractivity (Wildman–Crippen MR) is 115 cm³/mol. The minimum Gasteiger partial charge on any atom is -0.492 e. The number of halogens is 2. The van der Waals surface area contributed by atoms with Crippen LogP contribution in [0.1, 0.15) is 32.6 Å². The van der Waals surface area contributed by atoms with Gasteiger partial charge in [0.15, 0.2) is 0 Å². The topological polar surface area (TPSA) is 67.6 Å². The molecule has 0 bridgehead atoms. The van der Waals surface area contributed by atoms with Crippen LogP contribution in [0.5, 0.6) is 5.75 Å². The number of hydrogen-bond donors (Lipinski definition) is 2. The first-order valence-electron chi connectivity index (χ1n) is 9.62. The third-order valence-corrected chi connectivity index (χ3v) is 5.60. The van der Waals surface area contributed by atoms with Gasteiger partial charge < -0.3 is 15.8 Å². The zero-order valence-electron chi connectivity index (χ0n) is 16.1. The van der Waals surface area contributed by atoms with Gasteiger partial charge in [0.1, 0.15) is 12.4 Å². The molecule has 3 N–H and O–H groups in total. The Morgan fingerprint density at radius 2 is 1.96 bits per heavy atom. The maximum absolute atomic E-state index is 12.4. The SMILES string of the molecule is CC1CCN(CCOc2ccc(NC(=O)[C@@H]3CCC[C@@H]3CN)cc2)C1.Cl.Cl. The maximum Gasteiger partial charge on any atom is 0.227 e. The van der Waals surface area contributed by atoms with E-state index in [2.05, 4.69) is 17.1 Å². The molecular weight excluding hydrogens is 385 g/mol. The largest absolute Gasteiger partial charge is 0.492 e. The molecule has 2 aliphatic rings. The quantitative estimate of drug-likeness (QED) is 0.711. The van der Waals surface area contributed by atoms with Crippen LogP contribution in [0.15, 0.2) is 24.3 Å². The summed E-state index contributed by atoms with van der Waals surface area (Å²) in [6, 6.07) is 7.68. The minimum atomic E-state index is 0. The van der Waals surface area contributed by atoms with E-state index in [1.165, 1.54) is 19.5 Å². The highest BCUT2D eigenvalue weighted by atomic mass is 35.5. The van der Waals surface area contributed by atoms with Crippen LogP contribution in [0.4, 0.5) is 5.69 Å². The van der Waals surface area contributed by atoms with Crippen molar-refractivity contribution in [1.29, 1.82) is 0 Å². The second-order valence-corrected chi connectivity index (χ2v) is 7.59. The fourth-order valence-electron chi connectivity index (χ4n) is 4.06. The Morgan fingerprint density at radius 1 is 1.22 bits per heavy atom. The average Bonchev–Trinajstić information content (AvgIpc) is 3.25. The smallest absolute Gasteiger partial charge is 0.227 e. The molecule has 1 aromatic carbocycles. The summed E-state index contributed by atoms with van der Waals surface area (Å²) < 4.78 is 5.83. The Morgan fingerprint density at radius 3 is 2.59 bits per heavy atom. The van der Waals surface area contributed by atoms with Gasteiger partial charge in [0, 0.05) is 24.7 Å². The van der Waals surface area contributed by atoms with Gasteiger partial charge in [-0.05, 0) is 68.5 Å². The lowest BCUT2D eigenvalue weighted by molar-refractivity contribution is -0.120. The predicted octanol–water partition coefficient (Wildman–Crippen LogP) is 3.56. The molecule has 1 amide bonds. The molecule has 1 aliphatic carbocycles. The van der Waals surface area contributed by atoms with Gasteiger partial charge in [0.25, 0.3) is 0 Å². The van der Waals surface area contributed by atoms with Crippen molar-refractivity contribution in [2.24, 2.45) is 23.5 Å². The second kappa shape index (κ2) is 11.7. The first-order chi connectivity index (χ1) is 12.2. The molecule has 7 heteroatoms. The van der Waals surface area contributed by atoms with Gasteiger partial charge in [-0.25, -0.2) is 0 Å². The average molecular weight is 418 g/mol. The number of benzene rings is 1. The first kappa shape index (κ1) is 24.0. The molecule has 1 saturated carbocycles. The molecule has 154 valence electrons. The number of likely N-dealkylation sites (tertiary alicyclic amines) is 1. The van der Waals surface area contributed by atoms with Gasteiger partial charge in [-0.1, -0.05) is 13.3 Å². The van der Waals surface area contributed by atoms with Crippen LogP contribution >= 0.6 is 24.8 Å². The van der Waals surface area contributed by atoms with Crippen molar-refractivity contribution in [3.8, 4) is 5.75 Å². The molecule has 2 fully saturated rings. The molecule has 27 heavy (non-hydrogen) atoms. The van der Waals surface area contributed by atoms with Crippen LogP contribution in [-0.4, -0.2) is 43.6 Å².